The average molecular weight is 531 g/mol. The van der Waals surface area contributed by atoms with Gasteiger partial charge in [0.1, 0.15) is 24.4 Å². The standard InChI is InChI=1S/C27H34N2O9/c1-3-13-16(10-19-21-15(8-9-28-19)14-6-4-5-7-18(14)29-21)17(25(34)35-2)12-36-26(13)38-27-24(33)23(32)22(31)20(11-30)37-27/h3-7,12-13,16,19-20,22-24,26-33H,1,8-11H2,2H3/t13?,16?,19-,20+,22+,23-,24+,26-,27-/m0/s1. The lowest BCUT2D eigenvalue weighted by atomic mass is 9.78. The van der Waals surface area contributed by atoms with E-state index in [1.807, 2.05) is 18.2 Å². The number of rotatable bonds is 7. The number of fused-ring (bicyclic) bond motifs is 3. The van der Waals surface area contributed by atoms with Crippen molar-refractivity contribution in [2.45, 2.75) is 55.9 Å². The van der Waals surface area contributed by atoms with Crippen LogP contribution < -0.4 is 5.32 Å². The minimum atomic E-state index is -1.60. The second-order valence-electron chi connectivity index (χ2n) is 9.88. The third-order valence-electron chi connectivity index (χ3n) is 7.77. The van der Waals surface area contributed by atoms with Gasteiger partial charge in [-0.3, -0.25) is 0 Å². The van der Waals surface area contributed by atoms with Crippen LogP contribution in [0.3, 0.4) is 0 Å². The minimum Gasteiger partial charge on any atom is -0.471 e. The van der Waals surface area contributed by atoms with Crippen LogP contribution in [0.4, 0.5) is 0 Å². The number of ether oxygens (including phenoxy) is 4. The summed E-state index contributed by atoms with van der Waals surface area (Å²) < 4.78 is 22.2. The molecule has 3 aliphatic heterocycles. The second kappa shape index (κ2) is 11.1. The van der Waals surface area contributed by atoms with Crippen LogP contribution in [0.2, 0.25) is 0 Å². The Labute approximate surface area is 219 Å². The van der Waals surface area contributed by atoms with Crippen molar-refractivity contribution in [2.24, 2.45) is 11.8 Å². The predicted molar refractivity (Wildman–Crippen MR) is 134 cm³/mol. The fourth-order valence-electron chi connectivity index (χ4n) is 5.74. The Morgan fingerprint density at radius 1 is 1.18 bits per heavy atom. The molecule has 2 aromatic rings. The van der Waals surface area contributed by atoms with E-state index in [9.17, 15) is 25.2 Å². The van der Waals surface area contributed by atoms with Gasteiger partial charge < -0.3 is 49.7 Å². The Balaban J connectivity index is 1.43. The molecule has 0 saturated carbocycles. The number of benzene rings is 1. The minimum absolute atomic E-state index is 0.113. The summed E-state index contributed by atoms with van der Waals surface area (Å²) in [7, 11) is 1.30. The normalized spacial score (nSPS) is 35.2. The first-order chi connectivity index (χ1) is 18.4. The maximum Gasteiger partial charge on any atom is 0.337 e. The lowest BCUT2D eigenvalue weighted by Gasteiger charge is -2.43. The van der Waals surface area contributed by atoms with Gasteiger partial charge in [0.15, 0.2) is 6.29 Å². The zero-order valence-corrected chi connectivity index (χ0v) is 21.0. The van der Waals surface area contributed by atoms with Gasteiger partial charge in [-0.15, -0.1) is 6.58 Å². The highest BCUT2D eigenvalue weighted by atomic mass is 16.8. The molecule has 0 spiro atoms. The third-order valence-corrected chi connectivity index (χ3v) is 7.77. The number of para-hydroxylation sites is 1. The molecule has 0 radical (unpaired) electrons. The van der Waals surface area contributed by atoms with Crippen LogP contribution in [0.15, 0.2) is 48.8 Å². The topological polar surface area (TPSA) is 163 Å². The molecule has 6 N–H and O–H groups in total. The number of aromatic nitrogens is 1. The van der Waals surface area contributed by atoms with Crippen LogP contribution in [-0.2, 0) is 30.2 Å². The van der Waals surface area contributed by atoms with Gasteiger partial charge in [-0.2, -0.15) is 0 Å². The summed E-state index contributed by atoms with van der Waals surface area (Å²) >= 11 is 0. The van der Waals surface area contributed by atoms with E-state index in [0.29, 0.717) is 12.0 Å². The van der Waals surface area contributed by atoms with Crippen LogP contribution in [0.5, 0.6) is 0 Å². The lowest BCUT2D eigenvalue weighted by Crippen LogP contribution is -2.60. The van der Waals surface area contributed by atoms with Crippen molar-refractivity contribution in [1.82, 2.24) is 10.3 Å². The fourth-order valence-corrected chi connectivity index (χ4v) is 5.74. The zero-order valence-electron chi connectivity index (χ0n) is 21.0. The van der Waals surface area contributed by atoms with Gasteiger partial charge in [0.25, 0.3) is 0 Å². The fraction of sp³-hybridized carbons (Fsp3) is 0.519. The molecule has 2 unspecified atom stereocenters. The highest BCUT2D eigenvalue weighted by Gasteiger charge is 2.48. The maximum absolute atomic E-state index is 12.7. The van der Waals surface area contributed by atoms with Crippen molar-refractivity contribution in [3.8, 4) is 0 Å². The van der Waals surface area contributed by atoms with Crippen LogP contribution in [0.1, 0.15) is 23.7 Å². The van der Waals surface area contributed by atoms with E-state index >= 15 is 0 Å². The first-order valence-corrected chi connectivity index (χ1v) is 12.7. The molecular formula is C27H34N2O9. The number of aliphatic hydroxyl groups is 4. The molecule has 11 heteroatoms. The van der Waals surface area contributed by atoms with E-state index in [0.717, 1.165) is 24.2 Å². The lowest BCUT2D eigenvalue weighted by molar-refractivity contribution is -0.339. The summed E-state index contributed by atoms with van der Waals surface area (Å²) in [5.74, 6) is -1.56. The number of esters is 1. The van der Waals surface area contributed by atoms with Gasteiger partial charge in [0, 0.05) is 34.5 Å². The maximum atomic E-state index is 12.7. The number of aromatic amines is 1. The van der Waals surface area contributed by atoms with Crippen molar-refractivity contribution in [3.05, 3.63) is 60.0 Å². The number of hydrogen-bond acceptors (Lipinski definition) is 10. The molecule has 3 aliphatic rings. The summed E-state index contributed by atoms with van der Waals surface area (Å²) in [5, 5.41) is 45.0. The number of nitrogens with one attached hydrogen (secondary N) is 2. The number of hydrogen-bond donors (Lipinski definition) is 6. The van der Waals surface area contributed by atoms with Gasteiger partial charge in [0.05, 0.1) is 25.6 Å². The van der Waals surface area contributed by atoms with Crippen LogP contribution in [0, 0.1) is 11.8 Å². The molecule has 0 bridgehead atoms. The molecule has 4 heterocycles. The van der Waals surface area contributed by atoms with Crippen molar-refractivity contribution >= 4 is 16.9 Å². The van der Waals surface area contributed by atoms with Gasteiger partial charge in [-0.1, -0.05) is 24.3 Å². The first-order valence-electron chi connectivity index (χ1n) is 12.7. The van der Waals surface area contributed by atoms with E-state index in [-0.39, 0.29) is 6.04 Å². The molecule has 5 rings (SSSR count). The molecule has 0 aliphatic carbocycles. The van der Waals surface area contributed by atoms with E-state index < -0.39 is 61.4 Å². The predicted octanol–water partition coefficient (Wildman–Crippen LogP) is 0.393. The van der Waals surface area contributed by atoms with E-state index in [1.54, 1.807) is 6.08 Å². The van der Waals surface area contributed by atoms with Crippen molar-refractivity contribution in [1.29, 1.82) is 0 Å². The van der Waals surface area contributed by atoms with E-state index in [1.165, 1.54) is 24.3 Å². The molecule has 206 valence electrons. The largest absolute Gasteiger partial charge is 0.471 e. The van der Waals surface area contributed by atoms with Crippen molar-refractivity contribution < 1.29 is 44.2 Å². The highest BCUT2D eigenvalue weighted by Crippen LogP contribution is 2.42. The van der Waals surface area contributed by atoms with Crippen LogP contribution in [-0.4, -0.2) is 88.6 Å². The summed E-state index contributed by atoms with van der Waals surface area (Å²) in [5.41, 5.74) is 3.66. The van der Waals surface area contributed by atoms with Crippen LogP contribution in [0.25, 0.3) is 10.9 Å². The van der Waals surface area contributed by atoms with Gasteiger partial charge in [0.2, 0.25) is 6.29 Å². The summed E-state index contributed by atoms with van der Waals surface area (Å²) in [4.78, 5) is 16.3. The van der Waals surface area contributed by atoms with Gasteiger partial charge >= 0.3 is 5.97 Å². The summed E-state index contributed by atoms with van der Waals surface area (Å²) in [6, 6.07) is 8.02. The van der Waals surface area contributed by atoms with Gasteiger partial charge in [-0.25, -0.2) is 4.79 Å². The molecular weight excluding hydrogens is 496 g/mol. The van der Waals surface area contributed by atoms with E-state index in [4.69, 9.17) is 18.9 Å². The Bertz CT molecular complexity index is 1190. The molecule has 0 amide bonds. The van der Waals surface area contributed by atoms with Crippen molar-refractivity contribution in [3.63, 3.8) is 0 Å². The molecule has 1 saturated heterocycles. The number of aliphatic hydroxyl groups excluding tert-OH is 4. The SMILES string of the molecule is C=CC1C(C[C@@H]2NCCc3c2[nH]c2ccccc32)C(C(=O)OC)=CO[C@H]1O[C@@H]1O[C@H](CO)[C@@H](O)[C@H](O)[C@H]1O. The Kier molecular flexibility index (Phi) is 7.87. The summed E-state index contributed by atoms with van der Waals surface area (Å²) in [6.45, 7) is 4.13. The number of H-pyrrole nitrogens is 1. The van der Waals surface area contributed by atoms with Crippen molar-refractivity contribution in [2.75, 3.05) is 20.3 Å². The monoisotopic (exact) mass is 530 g/mol. The number of methoxy groups -OCH3 is 1. The zero-order chi connectivity index (χ0) is 27.0. The molecule has 1 fully saturated rings. The second-order valence-corrected chi connectivity index (χ2v) is 9.88. The average Bonchev–Trinajstić information content (AvgIpc) is 3.33. The molecule has 1 aromatic heterocycles. The quantitative estimate of drug-likeness (QED) is 0.218. The molecule has 9 atom stereocenters. The van der Waals surface area contributed by atoms with E-state index in [2.05, 4.69) is 22.9 Å². The molecule has 1 aromatic carbocycles. The van der Waals surface area contributed by atoms with Gasteiger partial charge in [-0.05, 0) is 31.0 Å². The van der Waals surface area contributed by atoms with Crippen LogP contribution >= 0.6 is 0 Å². The Morgan fingerprint density at radius 2 is 1.97 bits per heavy atom. The Hall–Kier alpha value is -2.77. The Morgan fingerprint density at radius 3 is 2.71 bits per heavy atom. The molecule has 11 nitrogen and oxygen atoms in total. The number of carbonyl (C=O) groups is 1. The number of carbonyl (C=O) groups excluding carboxylic acids is 1. The summed E-state index contributed by atoms with van der Waals surface area (Å²) in [6.07, 6.45) is -4.03. The highest BCUT2D eigenvalue weighted by molar-refractivity contribution is 5.89. The first kappa shape index (κ1) is 26.8. The molecule has 38 heavy (non-hydrogen) atoms. The smallest absolute Gasteiger partial charge is 0.337 e. The third kappa shape index (κ3) is 4.75.